The van der Waals surface area contributed by atoms with Crippen LogP contribution in [0.3, 0.4) is 0 Å². The van der Waals surface area contributed by atoms with E-state index >= 15 is 0 Å². The molecule has 12 unspecified atom stereocenters. The third kappa shape index (κ3) is 45.3. The highest BCUT2D eigenvalue weighted by Gasteiger charge is 2.45. The van der Waals surface area contributed by atoms with E-state index in [1.54, 1.807) is 28.4 Å². The summed E-state index contributed by atoms with van der Waals surface area (Å²) in [6.45, 7) is 15.6. The van der Waals surface area contributed by atoms with Crippen LogP contribution in [0.25, 0.3) is 0 Å². The van der Waals surface area contributed by atoms with Gasteiger partial charge in [-0.15, -0.1) is 0 Å². The van der Waals surface area contributed by atoms with Gasteiger partial charge >= 0.3 is 29.5 Å². The van der Waals surface area contributed by atoms with E-state index in [4.69, 9.17) is 64.5 Å². The van der Waals surface area contributed by atoms with Crippen LogP contribution in [0.5, 0.6) is 0 Å². The highest BCUT2D eigenvalue weighted by Crippen LogP contribution is 2.50. The molecule has 2 aliphatic carbocycles. The Kier molecular flexibility index (Phi) is 54.8. The zero-order valence-electron chi connectivity index (χ0n) is 70.5. The normalized spacial score (nSPS) is 23.7. The Morgan fingerprint density at radius 2 is 0.519 bits per heavy atom. The van der Waals surface area contributed by atoms with E-state index < -0.39 is 17.6 Å². The molecule has 4 heterocycles. The zero-order chi connectivity index (χ0) is 77.4. The molecule has 18 nitrogen and oxygen atoms in total. The average Bonchev–Trinajstić information content (AvgIpc) is 1.07. The summed E-state index contributed by atoms with van der Waals surface area (Å²) in [6, 6.07) is 1.10. The number of hydrogen-bond donors (Lipinski definition) is 0. The van der Waals surface area contributed by atoms with Gasteiger partial charge < -0.3 is 64.5 Å². The van der Waals surface area contributed by atoms with Crippen LogP contribution in [0.2, 0.25) is 12.1 Å². The number of epoxide rings is 4. The minimum atomic E-state index is -3.05. The van der Waals surface area contributed by atoms with Crippen LogP contribution in [-0.2, 0) is 83.6 Å². The Bertz CT molecular complexity index is 2210. The highest BCUT2D eigenvalue weighted by atomic mass is 28.4. The van der Waals surface area contributed by atoms with Gasteiger partial charge in [-0.3, -0.25) is 19.2 Å². The molecular weight excluding hydrogens is 1400 g/mol. The summed E-state index contributed by atoms with van der Waals surface area (Å²) in [7, 11) is 0.219. The summed E-state index contributed by atoms with van der Waals surface area (Å²) in [4.78, 5) is 49.7. The first-order chi connectivity index (χ1) is 52.9. The summed E-state index contributed by atoms with van der Waals surface area (Å²) in [5.74, 6) is 6.39. The second-order valence-electron chi connectivity index (χ2n) is 33.4. The predicted octanol–water partition coefficient (Wildman–Crippen LogP) is 21.6. The number of rotatable bonds is 72. The van der Waals surface area contributed by atoms with Gasteiger partial charge in [0.2, 0.25) is 0 Å². The molecule has 0 aromatic rings. The van der Waals surface area contributed by atoms with Crippen LogP contribution in [0.1, 0.15) is 362 Å². The molecule has 0 aromatic heterocycles. The van der Waals surface area contributed by atoms with Crippen LogP contribution >= 0.6 is 0 Å². The summed E-state index contributed by atoms with van der Waals surface area (Å²) in [5, 5.41) is 0. The molecule has 0 aromatic carbocycles. The van der Waals surface area contributed by atoms with Gasteiger partial charge in [0.05, 0.1) is 39.6 Å². The Balaban J connectivity index is 0.000000409. The van der Waals surface area contributed by atoms with Crippen molar-refractivity contribution in [3.05, 3.63) is 0 Å². The number of ether oxygens (including phenoxy) is 8. The fraction of sp³-hybridized carbons (Fsp3) is 0.955. The van der Waals surface area contributed by atoms with Crippen molar-refractivity contribution < 1.29 is 83.6 Å². The molecule has 2 saturated carbocycles. The lowest BCUT2D eigenvalue weighted by Crippen LogP contribution is -2.45. The maximum Gasteiger partial charge on any atom is 0.567 e. The topological polar surface area (TPSA) is 211 Å². The molecule has 0 bridgehead atoms. The lowest BCUT2D eigenvalue weighted by molar-refractivity contribution is -0.145. The van der Waals surface area contributed by atoms with Gasteiger partial charge in [-0.1, -0.05) is 246 Å². The Morgan fingerprint density at radius 1 is 0.287 bits per heavy atom. The summed E-state index contributed by atoms with van der Waals surface area (Å²) >= 11 is 0. The molecule has 4 saturated heterocycles. The summed E-state index contributed by atoms with van der Waals surface area (Å²) < 4.78 is 77.0. The SMILES string of the molecule is CCCCCCCC1C(CCCCC)CCC(CCCCCCC(=O)OCC2CO2)C1CCCCCCCC(=O)OCC1CO1.CCCCCCCC1C(CCCCC)CCC(CCCCCCC(=O)O[Si](CCCOCC2CO2)(OC)OC)C1CCCCCCCC(=O)O[Si](CCCOCC1CO1)(OC)OC. The van der Waals surface area contributed by atoms with Crippen molar-refractivity contribution >= 4 is 41.5 Å². The average molecular weight is 1570 g/mol. The van der Waals surface area contributed by atoms with Gasteiger partial charge in [-0.2, -0.15) is 0 Å². The van der Waals surface area contributed by atoms with Crippen LogP contribution in [-0.4, -0.2) is 160 Å². The van der Waals surface area contributed by atoms with E-state index in [1.165, 1.54) is 231 Å². The lowest BCUT2D eigenvalue weighted by Gasteiger charge is -2.44. The molecule has 632 valence electrons. The Morgan fingerprint density at radius 3 is 0.796 bits per heavy atom. The van der Waals surface area contributed by atoms with E-state index in [2.05, 4.69) is 27.7 Å². The van der Waals surface area contributed by atoms with E-state index in [1.807, 2.05) is 0 Å². The fourth-order valence-corrected chi connectivity index (χ4v) is 21.5. The van der Waals surface area contributed by atoms with Crippen molar-refractivity contribution in [3.63, 3.8) is 0 Å². The molecule has 0 amide bonds. The van der Waals surface area contributed by atoms with Crippen LogP contribution < -0.4 is 0 Å². The molecule has 108 heavy (non-hydrogen) atoms. The molecule has 12 atom stereocenters. The van der Waals surface area contributed by atoms with E-state index in [9.17, 15) is 19.2 Å². The third-order valence-electron chi connectivity index (χ3n) is 24.6. The molecular formula is C88H164O18Si2. The molecule has 6 fully saturated rings. The second-order valence-corrected chi connectivity index (χ2v) is 39.2. The van der Waals surface area contributed by atoms with Gasteiger partial charge in [-0.25, -0.2) is 0 Å². The molecule has 20 heteroatoms. The van der Waals surface area contributed by atoms with Crippen molar-refractivity contribution in [1.29, 1.82) is 0 Å². The van der Waals surface area contributed by atoms with E-state index in [-0.39, 0.29) is 48.3 Å². The first-order valence-corrected chi connectivity index (χ1v) is 49.3. The van der Waals surface area contributed by atoms with Crippen LogP contribution in [0.15, 0.2) is 0 Å². The van der Waals surface area contributed by atoms with Crippen molar-refractivity contribution in [3.8, 4) is 0 Å². The van der Waals surface area contributed by atoms with Crippen molar-refractivity contribution in [1.82, 2.24) is 0 Å². The molecule has 6 rings (SSSR count). The number of carbonyl (C=O) groups is 4. The Hall–Kier alpha value is -2.09. The van der Waals surface area contributed by atoms with Crippen LogP contribution in [0, 0.1) is 47.3 Å². The maximum absolute atomic E-state index is 12.9. The van der Waals surface area contributed by atoms with Crippen molar-refractivity contribution in [2.45, 2.75) is 398 Å². The smallest absolute Gasteiger partial charge is 0.473 e. The molecule has 4 aliphatic heterocycles. The standard InChI is InChI=1S/C49H94O12Si2.C39H70O6/c1-7-9-11-13-20-28-46-42(26-18-10-8-2)32-33-43(27-19-16-17-23-31-49(51)61-63(54-5,55-6)37-25-35-57-39-45-41-59-45)47(46)29-21-14-12-15-22-30-48(50)60-62(52-3,53-4)36-24-34-56-38-44-40-58-44;1-3-5-7-9-16-22-36-32(20-14-6-4-2)26-27-33(21-15-12-13-19-25-39(41)45-31-35-29-43-35)37(36)23-17-10-8-11-18-24-38(40)44-30-34-28-42-34/h42-47H,7-41H2,1-6H3;32-37H,3-31H2,1-2H3. The van der Waals surface area contributed by atoms with E-state index in [0.717, 1.165) is 151 Å². The first-order valence-electron chi connectivity index (χ1n) is 45.4. The third-order valence-corrected chi connectivity index (χ3v) is 30.1. The monoisotopic (exact) mass is 1570 g/mol. The van der Waals surface area contributed by atoms with Gasteiger partial charge in [0.15, 0.2) is 0 Å². The summed E-state index contributed by atoms with van der Waals surface area (Å²) in [5.41, 5.74) is 0. The minimum Gasteiger partial charge on any atom is -0.473 e. The van der Waals surface area contributed by atoms with Crippen LogP contribution in [0.4, 0.5) is 0 Å². The van der Waals surface area contributed by atoms with Crippen molar-refractivity contribution in [2.24, 2.45) is 47.3 Å². The fourth-order valence-electron chi connectivity index (χ4n) is 17.7. The van der Waals surface area contributed by atoms with E-state index in [0.29, 0.717) is 77.4 Å². The largest absolute Gasteiger partial charge is 0.567 e. The lowest BCUT2D eigenvalue weighted by atomic mass is 9.61. The van der Waals surface area contributed by atoms with Gasteiger partial charge in [-0.05, 0) is 137 Å². The predicted molar refractivity (Wildman–Crippen MR) is 435 cm³/mol. The quantitative estimate of drug-likeness (QED) is 0.0240. The number of carbonyl (C=O) groups excluding carboxylic acids is 4. The Labute approximate surface area is 661 Å². The van der Waals surface area contributed by atoms with Gasteiger partial charge in [0.1, 0.15) is 37.6 Å². The maximum atomic E-state index is 12.9. The number of esters is 2. The molecule has 0 N–H and O–H groups in total. The molecule has 0 radical (unpaired) electrons. The second kappa shape index (κ2) is 61.3. The minimum absolute atomic E-state index is 0.0580. The molecule has 0 spiro atoms. The highest BCUT2D eigenvalue weighted by molar-refractivity contribution is 6.62. The van der Waals surface area contributed by atoms with Crippen molar-refractivity contribution in [2.75, 3.05) is 94.5 Å². The zero-order valence-corrected chi connectivity index (χ0v) is 72.5. The number of hydrogen-bond acceptors (Lipinski definition) is 18. The molecule has 6 aliphatic rings. The summed E-state index contributed by atoms with van der Waals surface area (Å²) in [6.07, 6.45) is 63.1. The van der Waals surface area contributed by atoms with Gasteiger partial charge in [0.25, 0.3) is 11.9 Å². The first kappa shape index (κ1) is 96.5. The number of unbranched alkanes of at least 4 members (excludes halogenated alkanes) is 26. The van der Waals surface area contributed by atoms with Gasteiger partial charge in [0, 0.05) is 79.4 Å².